The Hall–Kier alpha value is -4.63. The summed E-state index contributed by atoms with van der Waals surface area (Å²) >= 11 is 1.35. The molecule has 2 N–H and O–H groups in total. The summed E-state index contributed by atoms with van der Waals surface area (Å²) in [6.07, 6.45) is -4.47. The number of fused-ring (bicyclic) bond motifs is 1. The molecule has 4 aromatic carbocycles. The number of amides is 2. The van der Waals surface area contributed by atoms with Crippen LogP contribution in [-0.2, 0) is 19.3 Å². The normalized spacial score (nSPS) is 11.3. The average Bonchev–Trinajstić information content (AvgIpc) is 3.34. The van der Waals surface area contributed by atoms with Gasteiger partial charge in [0.25, 0.3) is 11.8 Å². The highest BCUT2D eigenvalue weighted by molar-refractivity contribution is 7.21. The first-order chi connectivity index (χ1) is 19.3. The molecule has 5 aromatic rings. The molecule has 9 heteroatoms. The van der Waals surface area contributed by atoms with E-state index in [0.717, 1.165) is 45.5 Å². The van der Waals surface area contributed by atoms with Crippen LogP contribution in [0.4, 0.5) is 18.9 Å². The van der Waals surface area contributed by atoms with Gasteiger partial charge in [0, 0.05) is 27.9 Å². The van der Waals surface area contributed by atoms with Crippen molar-refractivity contribution in [2.45, 2.75) is 19.3 Å². The molecule has 0 spiro atoms. The van der Waals surface area contributed by atoms with E-state index in [1.165, 1.54) is 11.3 Å². The van der Waals surface area contributed by atoms with Crippen LogP contribution in [0.2, 0.25) is 0 Å². The van der Waals surface area contributed by atoms with Gasteiger partial charge in [-0.25, -0.2) is 0 Å². The zero-order valence-electron chi connectivity index (χ0n) is 21.0. The molecule has 0 unspecified atom stereocenters. The van der Waals surface area contributed by atoms with Gasteiger partial charge < -0.3 is 15.4 Å². The van der Waals surface area contributed by atoms with E-state index in [4.69, 9.17) is 4.74 Å². The van der Waals surface area contributed by atoms with Crippen LogP contribution in [0.1, 0.15) is 36.7 Å². The summed E-state index contributed by atoms with van der Waals surface area (Å²) in [7, 11) is 0. The van der Waals surface area contributed by atoms with Crippen molar-refractivity contribution in [3.8, 4) is 5.75 Å². The third kappa shape index (κ3) is 6.32. The fourth-order valence-corrected chi connectivity index (χ4v) is 5.14. The van der Waals surface area contributed by atoms with Crippen molar-refractivity contribution in [2.24, 2.45) is 0 Å². The second-order valence-corrected chi connectivity index (χ2v) is 10.00. The lowest BCUT2D eigenvalue weighted by molar-refractivity contribution is -0.137. The maximum atomic E-state index is 13.2. The van der Waals surface area contributed by atoms with Gasteiger partial charge >= 0.3 is 6.18 Å². The SMILES string of the molecule is O=C(Nc1cccc(CNC(=O)c2sc3ccccc3c2OCc2ccccc2)c1)c1ccc(C(F)(F)F)cc1. The topological polar surface area (TPSA) is 67.4 Å². The summed E-state index contributed by atoms with van der Waals surface area (Å²) in [5.74, 6) is -0.302. The van der Waals surface area contributed by atoms with Crippen molar-refractivity contribution in [1.29, 1.82) is 0 Å². The average molecular weight is 561 g/mol. The Morgan fingerprint density at radius 3 is 2.23 bits per heavy atom. The van der Waals surface area contributed by atoms with Crippen molar-refractivity contribution >= 4 is 38.9 Å². The fraction of sp³-hybridized carbons (Fsp3) is 0.0968. The number of rotatable bonds is 8. The Balaban J connectivity index is 1.26. The molecule has 202 valence electrons. The molecular weight excluding hydrogens is 537 g/mol. The summed E-state index contributed by atoms with van der Waals surface area (Å²) in [5, 5.41) is 6.47. The second-order valence-electron chi connectivity index (χ2n) is 8.94. The summed E-state index contributed by atoms with van der Waals surface area (Å²) in [5.41, 5.74) is 1.43. The fourth-order valence-electron chi connectivity index (χ4n) is 4.08. The minimum absolute atomic E-state index is 0.0968. The molecule has 0 atom stereocenters. The van der Waals surface area contributed by atoms with Crippen LogP contribution in [0.15, 0.2) is 103 Å². The zero-order valence-corrected chi connectivity index (χ0v) is 21.8. The molecule has 0 aliphatic carbocycles. The molecule has 0 fully saturated rings. The Kier molecular flexibility index (Phi) is 7.84. The molecule has 1 aromatic heterocycles. The van der Waals surface area contributed by atoms with E-state index >= 15 is 0 Å². The molecule has 0 bridgehead atoms. The summed E-state index contributed by atoms with van der Waals surface area (Å²) in [4.78, 5) is 26.2. The number of carbonyl (C=O) groups is 2. The molecule has 0 aliphatic heterocycles. The van der Waals surface area contributed by atoms with Crippen LogP contribution in [0.25, 0.3) is 10.1 Å². The summed E-state index contributed by atoms with van der Waals surface area (Å²) < 4.78 is 45.4. The molecule has 1 heterocycles. The van der Waals surface area contributed by atoms with Crippen LogP contribution in [0, 0.1) is 0 Å². The number of carbonyl (C=O) groups excluding carboxylic acids is 2. The monoisotopic (exact) mass is 560 g/mol. The van der Waals surface area contributed by atoms with E-state index < -0.39 is 17.6 Å². The molecule has 0 saturated heterocycles. The van der Waals surface area contributed by atoms with Crippen LogP contribution in [0.3, 0.4) is 0 Å². The highest BCUT2D eigenvalue weighted by Crippen LogP contribution is 2.38. The van der Waals surface area contributed by atoms with E-state index in [-0.39, 0.29) is 18.0 Å². The Labute approximate surface area is 232 Å². The molecule has 5 rings (SSSR count). The lowest BCUT2D eigenvalue weighted by Crippen LogP contribution is -2.22. The first-order valence-electron chi connectivity index (χ1n) is 12.3. The van der Waals surface area contributed by atoms with Gasteiger partial charge in [0.15, 0.2) is 5.75 Å². The minimum Gasteiger partial charge on any atom is -0.487 e. The molecular formula is C31H23F3N2O3S. The smallest absolute Gasteiger partial charge is 0.416 e. The van der Waals surface area contributed by atoms with Crippen LogP contribution in [-0.4, -0.2) is 11.8 Å². The first kappa shape index (κ1) is 27.0. The van der Waals surface area contributed by atoms with Crippen LogP contribution in [0.5, 0.6) is 5.75 Å². The maximum Gasteiger partial charge on any atom is 0.416 e. The lowest BCUT2D eigenvalue weighted by atomic mass is 10.1. The standard InChI is InChI=1S/C31H23F3N2O3S/c32-31(33,34)23-15-13-22(14-16-23)29(37)36-24-10-6-9-21(17-24)18-35-30(38)28-27(25-11-4-5-12-26(25)40-28)39-19-20-7-2-1-3-8-20/h1-17H,18-19H2,(H,35,38)(H,36,37). The maximum absolute atomic E-state index is 13.2. The van der Waals surface area contributed by atoms with Gasteiger partial charge in [0.1, 0.15) is 11.5 Å². The molecule has 0 saturated carbocycles. The number of ether oxygens (including phenoxy) is 1. The third-order valence-electron chi connectivity index (χ3n) is 6.09. The van der Waals surface area contributed by atoms with Crippen molar-refractivity contribution in [2.75, 3.05) is 5.32 Å². The predicted molar refractivity (Wildman–Crippen MR) is 150 cm³/mol. The number of benzene rings is 4. The first-order valence-corrected chi connectivity index (χ1v) is 13.1. The van der Waals surface area contributed by atoms with E-state index in [2.05, 4.69) is 10.6 Å². The van der Waals surface area contributed by atoms with Gasteiger partial charge in [-0.3, -0.25) is 9.59 Å². The Morgan fingerprint density at radius 1 is 0.775 bits per heavy atom. The zero-order chi connectivity index (χ0) is 28.1. The van der Waals surface area contributed by atoms with Crippen molar-refractivity contribution in [3.05, 3.63) is 130 Å². The van der Waals surface area contributed by atoms with Crippen molar-refractivity contribution < 1.29 is 27.5 Å². The van der Waals surface area contributed by atoms with Gasteiger partial charge in [-0.15, -0.1) is 11.3 Å². The molecule has 0 aliphatic rings. The molecule has 0 radical (unpaired) electrons. The number of hydrogen-bond acceptors (Lipinski definition) is 4. The number of thiophene rings is 1. The third-order valence-corrected chi connectivity index (χ3v) is 7.25. The van der Waals surface area contributed by atoms with E-state index in [1.807, 2.05) is 54.6 Å². The molecule has 40 heavy (non-hydrogen) atoms. The van der Waals surface area contributed by atoms with Crippen molar-refractivity contribution in [1.82, 2.24) is 5.32 Å². The van der Waals surface area contributed by atoms with Gasteiger partial charge in [-0.2, -0.15) is 13.2 Å². The van der Waals surface area contributed by atoms with Gasteiger partial charge in [0.2, 0.25) is 0 Å². The number of halogens is 3. The highest BCUT2D eigenvalue weighted by atomic mass is 32.1. The number of hydrogen-bond donors (Lipinski definition) is 2. The Bertz CT molecular complexity index is 1650. The number of nitrogens with one attached hydrogen (secondary N) is 2. The van der Waals surface area contributed by atoms with Gasteiger partial charge in [-0.1, -0.05) is 54.6 Å². The number of anilines is 1. The van der Waals surface area contributed by atoms with Crippen LogP contribution < -0.4 is 15.4 Å². The van der Waals surface area contributed by atoms with Crippen LogP contribution >= 0.6 is 11.3 Å². The summed E-state index contributed by atoms with van der Waals surface area (Å²) in [6.45, 7) is 0.512. The van der Waals surface area contributed by atoms with Gasteiger partial charge in [-0.05, 0) is 59.7 Å². The minimum atomic E-state index is -4.47. The van der Waals surface area contributed by atoms with E-state index in [1.54, 1.807) is 24.3 Å². The summed E-state index contributed by atoms with van der Waals surface area (Å²) in [6, 6.07) is 28.2. The lowest BCUT2D eigenvalue weighted by Gasteiger charge is -2.11. The highest BCUT2D eigenvalue weighted by Gasteiger charge is 2.30. The second kappa shape index (κ2) is 11.6. The Morgan fingerprint density at radius 2 is 1.48 bits per heavy atom. The van der Waals surface area contributed by atoms with E-state index in [0.29, 0.717) is 22.9 Å². The molecule has 2 amide bonds. The largest absolute Gasteiger partial charge is 0.487 e. The predicted octanol–water partition coefficient (Wildman–Crippen LogP) is 7.68. The number of alkyl halides is 3. The van der Waals surface area contributed by atoms with Crippen molar-refractivity contribution in [3.63, 3.8) is 0 Å². The van der Waals surface area contributed by atoms with Gasteiger partial charge in [0.05, 0.1) is 5.56 Å². The van der Waals surface area contributed by atoms with E-state index in [9.17, 15) is 22.8 Å². The quantitative estimate of drug-likeness (QED) is 0.205. The molecule has 5 nitrogen and oxygen atoms in total.